The van der Waals surface area contributed by atoms with Crippen molar-refractivity contribution in [2.75, 3.05) is 0 Å². The van der Waals surface area contributed by atoms with E-state index in [9.17, 15) is 0 Å². The summed E-state index contributed by atoms with van der Waals surface area (Å²) in [7, 11) is 0. The fraction of sp³-hybridized carbons (Fsp3) is 0.278. The van der Waals surface area contributed by atoms with E-state index < -0.39 is 0 Å². The summed E-state index contributed by atoms with van der Waals surface area (Å²) in [6, 6.07) is 14.7. The summed E-state index contributed by atoms with van der Waals surface area (Å²) < 4.78 is 0. The van der Waals surface area contributed by atoms with Crippen molar-refractivity contribution in [2.24, 2.45) is 5.73 Å². The first kappa shape index (κ1) is 13.8. The Morgan fingerprint density at radius 1 is 1.05 bits per heavy atom. The van der Waals surface area contributed by atoms with Crippen molar-refractivity contribution in [1.82, 2.24) is 9.97 Å². The van der Waals surface area contributed by atoms with E-state index >= 15 is 0 Å². The minimum absolute atomic E-state index is 0.372. The molecule has 3 heteroatoms. The largest absolute Gasteiger partial charge is 0.340 e. The van der Waals surface area contributed by atoms with E-state index in [4.69, 9.17) is 5.73 Å². The van der Waals surface area contributed by atoms with Crippen LogP contribution in [0.15, 0.2) is 48.7 Å². The molecule has 3 aromatic rings. The van der Waals surface area contributed by atoms with Gasteiger partial charge < -0.3 is 10.7 Å². The van der Waals surface area contributed by atoms with Gasteiger partial charge in [0.1, 0.15) is 5.82 Å². The third-order valence-electron chi connectivity index (χ3n) is 4.39. The number of hydrogen-bond donors (Lipinski definition) is 2. The predicted molar refractivity (Wildman–Crippen MR) is 88.0 cm³/mol. The lowest BCUT2D eigenvalue weighted by Crippen LogP contribution is -2.36. The van der Waals surface area contributed by atoms with Crippen molar-refractivity contribution in [3.8, 4) is 11.3 Å². The van der Waals surface area contributed by atoms with Crippen LogP contribution in [0.3, 0.4) is 0 Å². The van der Waals surface area contributed by atoms with Gasteiger partial charge in [-0.25, -0.2) is 4.98 Å². The molecule has 3 nitrogen and oxygen atoms in total. The molecule has 21 heavy (non-hydrogen) atoms. The van der Waals surface area contributed by atoms with E-state index in [1.807, 2.05) is 6.20 Å². The highest BCUT2D eigenvalue weighted by molar-refractivity contribution is 5.95. The molecule has 0 aliphatic heterocycles. The number of rotatable bonds is 4. The van der Waals surface area contributed by atoms with E-state index in [-0.39, 0.29) is 5.54 Å². The van der Waals surface area contributed by atoms with Crippen molar-refractivity contribution in [1.29, 1.82) is 0 Å². The van der Waals surface area contributed by atoms with Gasteiger partial charge >= 0.3 is 0 Å². The second kappa shape index (κ2) is 5.34. The molecule has 0 unspecified atom stereocenters. The molecule has 0 aliphatic rings. The fourth-order valence-electron chi connectivity index (χ4n) is 2.76. The molecule has 1 heterocycles. The second-order valence-electron chi connectivity index (χ2n) is 5.54. The number of nitrogens with one attached hydrogen (secondary N) is 1. The van der Waals surface area contributed by atoms with E-state index in [1.165, 1.54) is 16.3 Å². The van der Waals surface area contributed by atoms with Crippen molar-refractivity contribution >= 4 is 10.8 Å². The van der Waals surface area contributed by atoms with E-state index in [2.05, 4.69) is 66.3 Å². The summed E-state index contributed by atoms with van der Waals surface area (Å²) >= 11 is 0. The maximum Gasteiger partial charge on any atom is 0.126 e. The topological polar surface area (TPSA) is 54.7 Å². The molecular weight excluding hydrogens is 258 g/mol. The van der Waals surface area contributed by atoms with Gasteiger partial charge in [-0.3, -0.25) is 0 Å². The summed E-state index contributed by atoms with van der Waals surface area (Å²) in [6.07, 6.45) is 3.63. The van der Waals surface area contributed by atoms with Crippen molar-refractivity contribution in [3.63, 3.8) is 0 Å². The van der Waals surface area contributed by atoms with Gasteiger partial charge in [-0.15, -0.1) is 0 Å². The molecule has 0 saturated carbocycles. The fourth-order valence-corrected chi connectivity index (χ4v) is 2.76. The molecular formula is C18H21N3. The van der Waals surface area contributed by atoms with E-state index in [0.717, 1.165) is 24.4 Å². The van der Waals surface area contributed by atoms with E-state index in [0.29, 0.717) is 0 Å². The maximum absolute atomic E-state index is 6.43. The number of benzene rings is 2. The SMILES string of the molecule is CCC(N)(CC)c1ncc(-c2cccc3ccccc23)[nH]1. The van der Waals surface area contributed by atoms with Gasteiger partial charge in [0.25, 0.3) is 0 Å². The third kappa shape index (κ3) is 2.34. The summed E-state index contributed by atoms with van der Waals surface area (Å²) in [5, 5.41) is 2.46. The van der Waals surface area contributed by atoms with Crippen LogP contribution in [-0.2, 0) is 5.54 Å². The zero-order valence-corrected chi connectivity index (χ0v) is 12.6. The van der Waals surface area contributed by atoms with Crippen molar-refractivity contribution < 1.29 is 0 Å². The van der Waals surface area contributed by atoms with Gasteiger partial charge in [0.15, 0.2) is 0 Å². The maximum atomic E-state index is 6.43. The highest BCUT2D eigenvalue weighted by Crippen LogP contribution is 2.30. The molecule has 1 aromatic heterocycles. The Morgan fingerprint density at radius 3 is 2.52 bits per heavy atom. The predicted octanol–water partition coefficient (Wildman–Crippen LogP) is 4.20. The number of H-pyrrole nitrogens is 1. The average molecular weight is 279 g/mol. The lowest BCUT2D eigenvalue weighted by atomic mass is 9.93. The molecule has 0 aliphatic carbocycles. The lowest BCUT2D eigenvalue weighted by Gasteiger charge is -2.23. The summed E-state index contributed by atoms with van der Waals surface area (Å²) in [5.41, 5.74) is 8.25. The van der Waals surface area contributed by atoms with Gasteiger partial charge in [-0.05, 0) is 23.6 Å². The molecule has 2 aromatic carbocycles. The molecule has 3 rings (SSSR count). The van der Waals surface area contributed by atoms with Crippen LogP contribution in [0.25, 0.3) is 22.0 Å². The van der Waals surface area contributed by atoms with Crippen LogP contribution in [0, 0.1) is 0 Å². The number of fused-ring (bicyclic) bond motifs is 1. The van der Waals surface area contributed by atoms with Crippen LogP contribution >= 0.6 is 0 Å². The Bertz CT molecular complexity index is 749. The first-order valence-corrected chi connectivity index (χ1v) is 7.50. The molecule has 0 amide bonds. The zero-order chi connectivity index (χ0) is 14.9. The Kier molecular flexibility index (Phi) is 3.52. The van der Waals surface area contributed by atoms with Crippen LogP contribution in [0.2, 0.25) is 0 Å². The third-order valence-corrected chi connectivity index (χ3v) is 4.39. The number of aromatic amines is 1. The van der Waals surface area contributed by atoms with Crippen molar-refractivity contribution in [2.45, 2.75) is 32.2 Å². The lowest BCUT2D eigenvalue weighted by molar-refractivity contribution is 0.391. The first-order chi connectivity index (χ1) is 10.2. The number of nitrogens with two attached hydrogens (primary N) is 1. The van der Waals surface area contributed by atoms with Gasteiger partial charge in [0, 0.05) is 5.56 Å². The monoisotopic (exact) mass is 279 g/mol. The van der Waals surface area contributed by atoms with Crippen LogP contribution in [-0.4, -0.2) is 9.97 Å². The summed E-state index contributed by atoms with van der Waals surface area (Å²) in [5.74, 6) is 0.871. The zero-order valence-electron chi connectivity index (χ0n) is 12.6. The number of hydrogen-bond acceptors (Lipinski definition) is 2. The Morgan fingerprint density at radius 2 is 1.76 bits per heavy atom. The molecule has 108 valence electrons. The molecule has 0 spiro atoms. The molecule has 3 N–H and O–H groups in total. The first-order valence-electron chi connectivity index (χ1n) is 7.50. The average Bonchev–Trinajstić information content (AvgIpc) is 3.04. The highest BCUT2D eigenvalue weighted by atomic mass is 15.0. The van der Waals surface area contributed by atoms with Crippen molar-refractivity contribution in [3.05, 3.63) is 54.5 Å². The minimum Gasteiger partial charge on any atom is -0.340 e. The number of imidazole rings is 1. The molecule has 0 fully saturated rings. The van der Waals surface area contributed by atoms with Gasteiger partial charge in [0.2, 0.25) is 0 Å². The highest BCUT2D eigenvalue weighted by Gasteiger charge is 2.26. The van der Waals surface area contributed by atoms with Gasteiger partial charge in [0.05, 0.1) is 17.4 Å². The van der Waals surface area contributed by atoms with Gasteiger partial charge in [-0.2, -0.15) is 0 Å². The van der Waals surface area contributed by atoms with Crippen LogP contribution in [0.1, 0.15) is 32.5 Å². The quantitative estimate of drug-likeness (QED) is 0.752. The molecule has 0 atom stereocenters. The summed E-state index contributed by atoms with van der Waals surface area (Å²) in [6.45, 7) is 4.20. The molecule has 0 bridgehead atoms. The summed E-state index contributed by atoms with van der Waals surface area (Å²) in [4.78, 5) is 7.96. The minimum atomic E-state index is -0.372. The van der Waals surface area contributed by atoms with Crippen LogP contribution in [0.5, 0.6) is 0 Å². The second-order valence-corrected chi connectivity index (χ2v) is 5.54. The Hall–Kier alpha value is -2.13. The number of aromatic nitrogens is 2. The van der Waals surface area contributed by atoms with E-state index in [1.54, 1.807) is 0 Å². The van der Waals surface area contributed by atoms with Crippen LogP contribution < -0.4 is 5.73 Å². The number of nitrogens with zero attached hydrogens (tertiary/aromatic N) is 1. The normalized spacial score (nSPS) is 12.0. The molecule has 0 saturated heterocycles. The Labute approximate surface area is 125 Å². The smallest absolute Gasteiger partial charge is 0.126 e. The molecule has 0 radical (unpaired) electrons. The standard InChI is InChI=1S/C18H21N3/c1-3-18(19,4-2)17-20-12-16(21-17)15-11-7-9-13-8-5-6-10-14(13)15/h5-12H,3-4,19H2,1-2H3,(H,20,21). The Balaban J connectivity index is 2.11. The van der Waals surface area contributed by atoms with Crippen LogP contribution in [0.4, 0.5) is 0 Å². The van der Waals surface area contributed by atoms with Gasteiger partial charge in [-0.1, -0.05) is 56.3 Å².